The van der Waals surface area contributed by atoms with Crippen LogP contribution in [0.2, 0.25) is 0 Å². The Hall–Kier alpha value is -2.44. The lowest BCUT2D eigenvalue weighted by Crippen LogP contribution is -2.28. The third-order valence-corrected chi connectivity index (χ3v) is 7.95. The summed E-state index contributed by atoms with van der Waals surface area (Å²) in [5, 5.41) is 19.5. The molecular weight excluding hydrogens is 576 g/mol. The summed E-state index contributed by atoms with van der Waals surface area (Å²) in [5.41, 5.74) is 0. The Morgan fingerprint density at radius 1 is 0.696 bits per heavy atom. The maximum absolute atomic E-state index is 12.1. The van der Waals surface area contributed by atoms with Crippen molar-refractivity contribution in [2.45, 2.75) is 161 Å². The van der Waals surface area contributed by atoms with Gasteiger partial charge in [-0.2, -0.15) is 0 Å². The van der Waals surface area contributed by atoms with Crippen molar-refractivity contribution >= 4 is 11.9 Å². The average Bonchev–Trinajstić information content (AvgIpc) is 3.05. The van der Waals surface area contributed by atoms with E-state index in [2.05, 4.69) is 39.0 Å². The third kappa shape index (κ3) is 31.5. The third-order valence-electron chi connectivity index (χ3n) is 7.95. The lowest BCUT2D eigenvalue weighted by molar-refractivity contribution is -0.161. The summed E-state index contributed by atoms with van der Waals surface area (Å²) in [4.78, 5) is 24.2. The summed E-state index contributed by atoms with van der Waals surface area (Å²) < 4.78 is 10.5. The van der Waals surface area contributed by atoms with Crippen LogP contribution in [0.4, 0.5) is 0 Å². The van der Waals surface area contributed by atoms with Crippen LogP contribution in [0.3, 0.4) is 0 Å². The fourth-order valence-corrected chi connectivity index (χ4v) is 4.77. The lowest BCUT2D eigenvalue weighted by Gasteiger charge is -2.15. The second kappa shape index (κ2) is 33.9. The second-order valence-corrected chi connectivity index (χ2v) is 12.4. The number of aliphatic hydroxyl groups is 2. The molecule has 3 atom stereocenters. The van der Waals surface area contributed by atoms with Gasteiger partial charge in [0.1, 0.15) is 6.61 Å². The van der Waals surface area contributed by atoms with Crippen LogP contribution in [-0.2, 0) is 19.1 Å². The van der Waals surface area contributed by atoms with E-state index in [0.29, 0.717) is 19.3 Å². The molecule has 0 aliphatic carbocycles. The fraction of sp³-hybridized carbons (Fsp3) is 0.700. The Morgan fingerprint density at radius 2 is 1.30 bits per heavy atom. The summed E-state index contributed by atoms with van der Waals surface area (Å²) in [6, 6.07) is 0. The maximum Gasteiger partial charge on any atom is 0.306 e. The van der Waals surface area contributed by atoms with Gasteiger partial charge in [-0.05, 0) is 50.9 Å². The molecule has 0 spiro atoms. The number of allylic oxidation sites excluding steroid dienone is 8. The van der Waals surface area contributed by atoms with Gasteiger partial charge in [0.05, 0.1) is 12.7 Å². The number of carbonyl (C=O) groups excluding carboxylic acids is 2. The first kappa shape index (κ1) is 43.6. The molecule has 0 aromatic heterocycles. The summed E-state index contributed by atoms with van der Waals surface area (Å²) in [7, 11) is 0. The molecule has 0 aromatic rings. The van der Waals surface area contributed by atoms with Crippen LogP contribution in [0.5, 0.6) is 0 Å². The van der Waals surface area contributed by atoms with E-state index >= 15 is 0 Å². The first-order valence-electron chi connectivity index (χ1n) is 18.3. The number of ether oxygens (including phenoxy) is 2. The molecule has 2 unspecified atom stereocenters. The number of hydrogen-bond acceptors (Lipinski definition) is 6. The molecule has 0 saturated carbocycles. The predicted molar refractivity (Wildman–Crippen MR) is 192 cm³/mol. The van der Waals surface area contributed by atoms with Crippen LogP contribution in [0.1, 0.15) is 149 Å². The van der Waals surface area contributed by atoms with Gasteiger partial charge < -0.3 is 19.7 Å². The zero-order valence-electron chi connectivity index (χ0n) is 29.6. The Bertz CT molecular complexity index is 856. The van der Waals surface area contributed by atoms with Crippen molar-refractivity contribution in [3.8, 4) is 0 Å². The Labute approximate surface area is 282 Å². The first-order chi connectivity index (χ1) is 22.4. The smallest absolute Gasteiger partial charge is 0.306 e. The molecule has 0 heterocycles. The van der Waals surface area contributed by atoms with Crippen LogP contribution < -0.4 is 0 Å². The molecule has 264 valence electrons. The quantitative estimate of drug-likeness (QED) is 0.0338. The number of aliphatic hydroxyl groups excluding tert-OH is 2. The van der Waals surface area contributed by atoms with E-state index in [4.69, 9.17) is 9.47 Å². The molecule has 0 fully saturated rings. The largest absolute Gasteiger partial charge is 0.462 e. The highest BCUT2D eigenvalue weighted by molar-refractivity contribution is 5.70. The molecule has 6 nitrogen and oxygen atoms in total. The van der Waals surface area contributed by atoms with Gasteiger partial charge in [0, 0.05) is 12.8 Å². The zero-order chi connectivity index (χ0) is 33.9. The maximum atomic E-state index is 12.1. The van der Waals surface area contributed by atoms with Gasteiger partial charge in [0.2, 0.25) is 0 Å². The molecule has 0 saturated heterocycles. The van der Waals surface area contributed by atoms with Gasteiger partial charge in [-0.15, -0.1) is 0 Å². The molecule has 0 bridgehead atoms. The topological polar surface area (TPSA) is 93.1 Å². The lowest BCUT2D eigenvalue weighted by atomic mass is 9.99. The van der Waals surface area contributed by atoms with E-state index in [9.17, 15) is 19.8 Å². The van der Waals surface area contributed by atoms with E-state index in [1.54, 1.807) is 6.08 Å². The van der Waals surface area contributed by atoms with Crippen molar-refractivity contribution in [3.63, 3.8) is 0 Å². The van der Waals surface area contributed by atoms with Gasteiger partial charge in [-0.1, -0.05) is 152 Å². The minimum Gasteiger partial charge on any atom is -0.462 e. The van der Waals surface area contributed by atoms with Crippen molar-refractivity contribution in [2.75, 3.05) is 13.2 Å². The number of carbonyl (C=O) groups is 2. The molecular formula is C40H68O6. The standard InChI is InChI=1S/C40H68O6/c1-4-6-7-8-20-25-30-37(42)31-26-21-16-13-14-17-22-27-32-39(43)45-35-38(34-41)46-40(44)33-28-23-18-12-10-9-11-15-19-24-29-36(3)5-2/h6-7,14,16-17,20-21,25-26,31,36-38,41-42H,4-5,8-13,15,18-19,22-24,27-30,32-35H2,1-3H3/b7-6-,17-14-,21-16-,25-20-,31-26+/t36?,37?,38-/m0/s1. The summed E-state index contributed by atoms with van der Waals surface area (Å²) >= 11 is 0. The molecule has 46 heavy (non-hydrogen) atoms. The molecule has 0 radical (unpaired) electrons. The predicted octanol–water partition coefficient (Wildman–Crippen LogP) is 10.1. The molecule has 2 N–H and O–H groups in total. The average molecular weight is 645 g/mol. The summed E-state index contributed by atoms with van der Waals surface area (Å²) in [6.45, 7) is 6.24. The van der Waals surface area contributed by atoms with Gasteiger partial charge in [0.25, 0.3) is 0 Å². The second-order valence-electron chi connectivity index (χ2n) is 12.4. The monoisotopic (exact) mass is 645 g/mol. The highest BCUT2D eigenvalue weighted by Crippen LogP contribution is 2.15. The fourth-order valence-electron chi connectivity index (χ4n) is 4.77. The van der Waals surface area contributed by atoms with Crippen molar-refractivity contribution in [1.82, 2.24) is 0 Å². The van der Waals surface area contributed by atoms with E-state index < -0.39 is 12.2 Å². The minimum absolute atomic E-state index is 0.117. The number of esters is 2. The van der Waals surface area contributed by atoms with Crippen molar-refractivity contribution in [3.05, 3.63) is 60.8 Å². The summed E-state index contributed by atoms with van der Waals surface area (Å²) in [5.74, 6) is 0.164. The summed E-state index contributed by atoms with van der Waals surface area (Å²) in [6.07, 6.45) is 38.8. The van der Waals surface area contributed by atoms with Crippen LogP contribution in [0.25, 0.3) is 0 Å². The zero-order valence-corrected chi connectivity index (χ0v) is 29.6. The number of rotatable bonds is 31. The van der Waals surface area contributed by atoms with Crippen molar-refractivity contribution in [2.24, 2.45) is 5.92 Å². The highest BCUT2D eigenvalue weighted by Gasteiger charge is 2.16. The normalized spacial score (nSPS) is 14.3. The van der Waals surface area contributed by atoms with Gasteiger partial charge in [0.15, 0.2) is 6.10 Å². The van der Waals surface area contributed by atoms with Crippen LogP contribution in [0, 0.1) is 5.92 Å². The van der Waals surface area contributed by atoms with Crippen molar-refractivity contribution in [1.29, 1.82) is 0 Å². The molecule has 0 rings (SSSR count). The molecule has 0 aliphatic rings. The van der Waals surface area contributed by atoms with E-state index in [1.807, 2.05) is 36.5 Å². The van der Waals surface area contributed by atoms with Gasteiger partial charge in [-0.3, -0.25) is 9.59 Å². The van der Waals surface area contributed by atoms with E-state index in [0.717, 1.165) is 50.9 Å². The van der Waals surface area contributed by atoms with Crippen LogP contribution in [0.15, 0.2) is 60.8 Å². The van der Waals surface area contributed by atoms with Crippen molar-refractivity contribution < 1.29 is 29.3 Å². The minimum atomic E-state index is -0.812. The molecule has 0 aromatic carbocycles. The molecule has 6 heteroatoms. The van der Waals surface area contributed by atoms with Crippen LogP contribution in [-0.4, -0.2) is 47.6 Å². The molecule has 0 aliphatic heterocycles. The first-order valence-corrected chi connectivity index (χ1v) is 18.3. The Balaban J connectivity index is 3.78. The van der Waals surface area contributed by atoms with Gasteiger partial charge in [-0.25, -0.2) is 0 Å². The number of unbranched alkanes of at least 4 members (excludes halogenated alkanes) is 10. The van der Waals surface area contributed by atoms with Crippen LogP contribution >= 0.6 is 0 Å². The highest BCUT2D eigenvalue weighted by atomic mass is 16.6. The Morgan fingerprint density at radius 3 is 1.98 bits per heavy atom. The number of hydrogen-bond donors (Lipinski definition) is 2. The van der Waals surface area contributed by atoms with Gasteiger partial charge >= 0.3 is 11.9 Å². The Kier molecular flexibility index (Phi) is 32.1. The SMILES string of the molecule is CC/C=C\C/C=C\CC(O)/C=C/C=C\C/C=C\CCCC(=O)OC[C@H](CO)OC(=O)CCCCCCCCCCCCC(C)CC. The van der Waals surface area contributed by atoms with E-state index in [1.165, 1.54) is 57.8 Å². The van der Waals surface area contributed by atoms with E-state index in [-0.39, 0.29) is 31.6 Å². The molecule has 0 amide bonds.